The first kappa shape index (κ1) is 11.0. The lowest BCUT2D eigenvalue weighted by atomic mass is 10.2. The van der Waals surface area contributed by atoms with Gasteiger partial charge in [0.25, 0.3) is 5.95 Å². The summed E-state index contributed by atoms with van der Waals surface area (Å²) in [6, 6.07) is 0. The molecule has 0 aromatic carbocycles. The molecule has 7 heteroatoms. The predicted octanol–water partition coefficient (Wildman–Crippen LogP) is 1.91. The van der Waals surface area contributed by atoms with Crippen molar-refractivity contribution in [2.75, 3.05) is 5.32 Å². The van der Waals surface area contributed by atoms with Crippen molar-refractivity contribution < 1.29 is 9.53 Å². The van der Waals surface area contributed by atoms with E-state index in [1.807, 2.05) is 0 Å². The third-order valence-corrected chi connectivity index (χ3v) is 1.43. The first-order valence-electron chi connectivity index (χ1n) is 3.95. The van der Waals surface area contributed by atoms with Crippen LogP contribution < -0.4 is 5.32 Å². The van der Waals surface area contributed by atoms with E-state index >= 15 is 0 Å². The van der Waals surface area contributed by atoms with Gasteiger partial charge in [-0.3, -0.25) is 10.4 Å². The molecule has 0 radical (unpaired) electrons. The van der Waals surface area contributed by atoms with E-state index in [0.29, 0.717) is 4.73 Å². The summed E-state index contributed by atoms with van der Waals surface area (Å²) >= 11 is 3.06. The standard InChI is InChI=1S/C7H11BrN4O2/c1-7(2,3)14-6(13)10-5-9-4(8)11-12-5/h1-3H3,(H2,9,10,11,12,13). The van der Waals surface area contributed by atoms with Crippen LogP contribution >= 0.6 is 15.9 Å². The summed E-state index contributed by atoms with van der Waals surface area (Å²) in [5.74, 6) is 0.172. The summed E-state index contributed by atoms with van der Waals surface area (Å²) in [5, 5.41) is 8.59. The molecule has 1 aromatic rings. The van der Waals surface area contributed by atoms with Crippen LogP contribution in [0.3, 0.4) is 0 Å². The van der Waals surface area contributed by atoms with Crippen LogP contribution in [0.2, 0.25) is 0 Å². The summed E-state index contributed by atoms with van der Waals surface area (Å²) < 4.78 is 5.44. The van der Waals surface area contributed by atoms with Gasteiger partial charge in [-0.25, -0.2) is 4.79 Å². The van der Waals surface area contributed by atoms with Gasteiger partial charge < -0.3 is 4.74 Å². The van der Waals surface area contributed by atoms with Crippen molar-refractivity contribution in [3.05, 3.63) is 4.73 Å². The largest absolute Gasteiger partial charge is 0.444 e. The van der Waals surface area contributed by atoms with Crippen LogP contribution in [-0.2, 0) is 4.74 Å². The van der Waals surface area contributed by atoms with Crippen LogP contribution in [-0.4, -0.2) is 26.9 Å². The highest BCUT2D eigenvalue weighted by atomic mass is 79.9. The molecule has 0 aliphatic heterocycles. The molecule has 14 heavy (non-hydrogen) atoms. The fraction of sp³-hybridized carbons (Fsp3) is 0.571. The van der Waals surface area contributed by atoms with Crippen molar-refractivity contribution >= 4 is 28.0 Å². The van der Waals surface area contributed by atoms with Gasteiger partial charge >= 0.3 is 6.09 Å². The molecule has 0 aliphatic carbocycles. The number of ether oxygens (including phenoxy) is 1. The Hall–Kier alpha value is -1.11. The topological polar surface area (TPSA) is 79.9 Å². The molecule has 0 saturated heterocycles. The van der Waals surface area contributed by atoms with E-state index in [1.165, 1.54) is 0 Å². The number of hydrogen-bond acceptors (Lipinski definition) is 4. The number of aromatic nitrogens is 3. The smallest absolute Gasteiger partial charge is 0.414 e. The fourth-order valence-corrected chi connectivity index (χ4v) is 0.949. The van der Waals surface area contributed by atoms with Gasteiger partial charge in [0, 0.05) is 0 Å². The highest BCUT2D eigenvalue weighted by molar-refractivity contribution is 9.10. The van der Waals surface area contributed by atoms with Crippen LogP contribution in [0.25, 0.3) is 0 Å². The van der Waals surface area contributed by atoms with Crippen LogP contribution in [0, 0.1) is 0 Å². The van der Waals surface area contributed by atoms with Gasteiger partial charge in [0.1, 0.15) is 5.60 Å². The van der Waals surface area contributed by atoms with Crippen molar-refractivity contribution in [2.24, 2.45) is 0 Å². The van der Waals surface area contributed by atoms with E-state index in [0.717, 1.165) is 0 Å². The third-order valence-electron chi connectivity index (χ3n) is 1.07. The van der Waals surface area contributed by atoms with Crippen molar-refractivity contribution in [3.8, 4) is 0 Å². The zero-order chi connectivity index (χ0) is 10.8. The number of aromatic amines is 1. The van der Waals surface area contributed by atoms with Crippen LogP contribution in [0.15, 0.2) is 4.73 Å². The summed E-state index contributed by atoms with van der Waals surface area (Å²) in [5.41, 5.74) is -0.530. The first-order valence-corrected chi connectivity index (χ1v) is 4.74. The second-order valence-corrected chi connectivity index (χ2v) is 4.33. The van der Waals surface area contributed by atoms with Crippen molar-refractivity contribution in [1.82, 2.24) is 15.2 Å². The van der Waals surface area contributed by atoms with Gasteiger partial charge in [-0.15, -0.1) is 5.10 Å². The third kappa shape index (κ3) is 3.73. The Labute approximate surface area is 89.6 Å². The fourth-order valence-electron chi connectivity index (χ4n) is 0.693. The monoisotopic (exact) mass is 262 g/mol. The maximum absolute atomic E-state index is 11.2. The number of nitrogens with one attached hydrogen (secondary N) is 2. The Balaban J connectivity index is 2.50. The number of nitrogens with zero attached hydrogens (tertiary/aromatic N) is 2. The Kier molecular flexibility index (Phi) is 3.10. The number of carbonyl (C=O) groups is 1. The van der Waals surface area contributed by atoms with E-state index in [4.69, 9.17) is 4.74 Å². The molecule has 0 bridgehead atoms. The minimum atomic E-state index is -0.580. The van der Waals surface area contributed by atoms with Gasteiger partial charge in [0.05, 0.1) is 0 Å². The summed E-state index contributed by atoms with van der Waals surface area (Å²) in [4.78, 5) is 15.0. The predicted molar refractivity (Wildman–Crippen MR) is 53.9 cm³/mol. The van der Waals surface area contributed by atoms with Gasteiger partial charge in [0.2, 0.25) is 0 Å². The zero-order valence-electron chi connectivity index (χ0n) is 8.09. The van der Waals surface area contributed by atoms with E-state index < -0.39 is 11.7 Å². The first-order chi connectivity index (χ1) is 6.37. The molecule has 2 N–H and O–H groups in total. The minimum Gasteiger partial charge on any atom is -0.444 e. The van der Waals surface area contributed by atoms with Crippen molar-refractivity contribution in [1.29, 1.82) is 0 Å². The Morgan fingerprint density at radius 3 is 2.64 bits per heavy atom. The minimum absolute atomic E-state index is 0.172. The molecule has 6 nitrogen and oxygen atoms in total. The molecule has 0 spiro atoms. The van der Waals surface area contributed by atoms with E-state index in [9.17, 15) is 4.79 Å². The highest BCUT2D eigenvalue weighted by Crippen LogP contribution is 2.09. The van der Waals surface area contributed by atoms with Gasteiger partial charge in [0.15, 0.2) is 4.73 Å². The van der Waals surface area contributed by atoms with Crippen LogP contribution in [0.4, 0.5) is 10.7 Å². The lowest BCUT2D eigenvalue weighted by Crippen LogP contribution is -2.27. The maximum Gasteiger partial charge on any atom is 0.414 e. The maximum atomic E-state index is 11.2. The number of anilines is 1. The zero-order valence-corrected chi connectivity index (χ0v) is 9.67. The molecular weight excluding hydrogens is 252 g/mol. The van der Waals surface area contributed by atoms with Gasteiger partial charge in [-0.1, -0.05) is 0 Å². The average Bonchev–Trinajstić information content (AvgIpc) is 2.30. The molecule has 1 rings (SSSR count). The Morgan fingerprint density at radius 2 is 2.21 bits per heavy atom. The molecule has 0 atom stereocenters. The summed E-state index contributed by atoms with van der Waals surface area (Å²) in [7, 11) is 0. The second kappa shape index (κ2) is 3.95. The van der Waals surface area contributed by atoms with Crippen molar-refractivity contribution in [2.45, 2.75) is 26.4 Å². The Bertz CT molecular complexity index is 331. The molecule has 1 aromatic heterocycles. The molecule has 0 unspecified atom stereocenters. The SMILES string of the molecule is CC(C)(C)OC(=O)Nc1n[nH]c(Br)n1. The number of hydrogen-bond donors (Lipinski definition) is 2. The highest BCUT2D eigenvalue weighted by Gasteiger charge is 2.17. The number of carbonyl (C=O) groups excluding carboxylic acids is 1. The molecule has 0 fully saturated rings. The molecular formula is C7H11BrN4O2. The van der Waals surface area contributed by atoms with Gasteiger partial charge in [-0.2, -0.15) is 4.98 Å². The molecule has 0 saturated carbocycles. The average molecular weight is 263 g/mol. The van der Waals surface area contributed by atoms with E-state index in [2.05, 4.69) is 36.4 Å². The van der Waals surface area contributed by atoms with Crippen molar-refractivity contribution in [3.63, 3.8) is 0 Å². The van der Waals surface area contributed by atoms with Gasteiger partial charge in [-0.05, 0) is 36.7 Å². The second-order valence-electron chi connectivity index (χ2n) is 3.58. The lowest BCUT2D eigenvalue weighted by Gasteiger charge is -2.18. The molecule has 1 heterocycles. The molecule has 0 aliphatic rings. The molecule has 78 valence electrons. The normalized spacial score (nSPS) is 11.1. The number of rotatable bonds is 1. The number of H-pyrrole nitrogens is 1. The Morgan fingerprint density at radius 1 is 1.57 bits per heavy atom. The molecule has 1 amide bonds. The van der Waals surface area contributed by atoms with E-state index in [-0.39, 0.29) is 5.95 Å². The van der Waals surface area contributed by atoms with E-state index in [1.54, 1.807) is 20.8 Å². The number of halogens is 1. The quantitative estimate of drug-likeness (QED) is 0.811. The van der Waals surface area contributed by atoms with Crippen LogP contribution in [0.5, 0.6) is 0 Å². The summed E-state index contributed by atoms with van der Waals surface area (Å²) in [6.07, 6.45) is -0.580. The summed E-state index contributed by atoms with van der Waals surface area (Å²) in [6.45, 7) is 5.33. The van der Waals surface area contributed by atoms with Crippen LogP contribution in [0.1, 0.15) is 20.8 Å². The number of amides is 1. The lowest BCUT2D eigenvalue weighted by molar-refractivity contribution is 0.0634.